The summed E-state index contributed by atoms with van der Waals surface area (Å²) in [7, 11) is 3.06. The van der Waals surface area contributed by atoms with Crippen LogP contribution in [0.5, 0.6) is 0 Å². The maximum absolute atomic E-state index is 12.5. The van der Waals surface area contributed by atoms with Gasteiger partial charge in [0, 0.05) is 41.0 Å². The molecule has 0 aliphatic heterocycles. The standard InChI is InChI=1S/C16H13Cl2N3O2S/c1-20-14-13(15(22)21(2)16(20)23)12(5-6-19-14)24-8-9-3-4-10(17)7-11(9)18/h3-7H,8H2,1-2H3. The maximum Gasteiger partial charge on any atom is 0.332 e. The molecule has 0 atom stereocenters. The van der Waals surface area contributed by atoms with Gasteiger partial charge in [-0.2, -0.15) is 0 Å². The Morgan fingerprint density at radius 3 is 2.58 bits per heavy atom. The van der Waals surface area contributed by atoms with Gasteiger partial charge in [0.05, 0.1) is 5.39 Å². The molecule has 0 spiro atoms. The van der Waals surface area contributed by atoms with Gasteiger partial charge in [-0.05, 0) is 23.8 Å². The molecule has 3 rings (SSSR count). The van der Waals surface area contributed by atoms with Crippen molar-refractivity contribution < 1.29 is 0 Å². The zero-order chi connectivity index (χ0) is 17.4. The highest BCUT2D eigenvalue weighted by Crippen LogP contribution is 2.30. The smallest absolute Gasteiger partial charge is 0.280 e. The van der Waals surface area contributed by atoms with Crippen LogP contribution >= 0.6 is 35.0 Å². The topological polar surface area (TPSA) is 56.9 Å². The minimum absolute atomic E-state index is 0.356. The van der Waals surface area contributed by atoms with Crippen molar-refractivity contribution in [2.24, 2.45) is 14.1 Å². The summed E-state index contributed by atoms with van der Waals surface area (Å²) in [5.41, 5.74) is 0.529. The van der Waals surface area contributed by atoms with Crippen LogP contribution in [0.4, 0.5) is 0 Å². The molecule has 3 aromatic rings. The van der Waals surface area contributed by atoms with Crippen LogP contribution in [0.1, 0.15) is 5.56 Å². The first-order valence-corrected chi connectivity index (χ1v) is 8.75. The lowest BCUT2D eigenvalue weighted by molar-refractivity contribution is 0.706. The Kier molecular flexibility index (Phi) is 4.71. The number of aryl methyl sites for hydroxylation is 1. The van der Waals surface area contributed by atoms with Crippen LogP contribution in [0.2, 0.25) is 10.0 Å². The van der Waals surface area contributed by atoms with Gasteiger partial charge >= 0.3 is 5.69 Å². The normalized spacial score (nSPS) is 11.2. The molecule has 2 aromatic heterocycles. The predicted molar refractivity (Wildman–Crippen MR) is 98.2 cm³/mol. The summed E-state index contributed by atoms with van der Waals surface area (Å²) in [6.07, 6.45) is 1.59. The van der Waals surface area contributed by atoms with Gasteiger partial charge in [-0.25, -0.2) is 9.78 Å². The summed E-state index contributed by atoms with van der Waals surface area (Å²) < 4.78 is 2.46. The Labute approximate surface area is 151 Å². The van der Waals surface area contributed by atoms with E-state index in [2.05, 4.69) is 4.98 Å². The van der Waals surface area contributed by atoms with E-state index in [-0.39, 0.29) is 5.56 Å². The van der Waals surface area contributed by atoms with Crippen LogP contribution in [0.15, 0.2) is 44.9 Å². The monoisotopic (exact) mass is 381 g/mol. The molecule has 8 heteroatoms. The average Bonchev–Trinajstić information content (AvgIpc) is 2.57. The van der Waals surface area contributed by atoms with Crippen molar-refractivity contribution in [3.63, 3.8) is 0 Å². The van der Waals surface area contributed by atoms with Crippen molar-refractivity contribution in [3.05, 3.63) is 66.9 Å². The lowest BCUT2D eigenvalue weighted by Gasteiger charge is -2.10. The van der Waals surface area contributed by atoms with Crippen LogP contribution in [0.3, 0.4) is 0 Å². The minimum atomic E-state index is -0.400. The summed E-state index contributed by atoms with van der Waals surface area (Å²) in [6, 6.07) is 7.08. The number of nitrogens with zero attached hydrogens (tertiary/aromatic N) is 3. The highest BCUT2D eigenvalue weighted by molar-refractivity contribution is 7.98. The summed E-state index contributed by atoms with van der Waals surface area (Å²) in [6.45, 7) is 0. The molecule has 0 amide bonds. The fraction of sp³-hybridized carbons (Fsp3) is 0.188. The van der Waals surface area contributed by atoms with E-state index in [0.29, 0.717) is 26.8 Å². The van der Waals surface area contributed by atoms with Gasteiger partial charge in [0.25, 0.3) is 5.56 Å². The molecule has 5 nitrogen and oxygen atoms in total. The number of rotatable bonds is 3. The van der Waals surface area contributed by atoms with Crippen molar-refractivity contribution in [1.82, 2.24) is 14.1 Å². The first kappa shape index (κ1) is 17.1. The third kappa shape index (κ3) is 2.97. The Balaban J connectivity index is 2.07. The number of thioether (sulfide) groups is 1. The van der Waals surface area contributed by atoms with Crippen LogP contribution in [-0.2, 0) is 19.8 Å². The predicted octanol–water partition coefficient (Wildman–Crippen LogP) is 3.23. The molecule has 0 aliphatic rings. The zero-order valence-electron chi connectivity index (χ0n) is 12.9. The zero-order valence-corrected chi connectivity index (χ0v) is 15.2. The summed E-state index contributed by atoms with van der Waals surface area (Å²) >= 11 is 13.6. The van der Waals surface area contributed by atoms with Crippen molar-refractivity contribution in [3.8, 4) is 0 Å². The van der Waals surface area contributed by atoms with E-state index in [4.69, 9.17) is 23.2 Å². The molecule has 2 heterocycles. The van der Waals surface area contributed by atoms with Crippen molar-refractivity contribution in [2.75, 3.05) is 0 Å². The third-order valence-corrected chi connectivity index (χ3v) is 5.39. The SMILES string of the molecule is Cn1c(=O)c2c(SCc3ccc(Cl)cc3Cl)ccnc2n(C)c1=O. The highest BCUT2D eigenvalue weighted by atomic mass is 35.5. The number of hydrogen-bond acceptors (Lipinski definition) is 4. The molecular weight excluding hydrogens is 369 g/mol. The van der Waals surface area contributed by atoms with Gasteiger partial charge in [-0.1, -0.05) is 29.3 Å². The van der Waals surface area contributed by atoms with Crippen molar-refractivity contribution in [2.45, 2.75) is 10.6 Å². The minimum Gasteiger partial charge on any atom is -0.280 e. The van der Waals surface area contributed by atoms with Gasteiger partial charge in [-0.15, -0.1) is 11.8 Å². The Bertz CT molecular complexity index is 1060. The molecule has 0 radical (unpaired) electrons. The maximum atomic E-state index is 12.5. The Morgan fingerprint density at radius 2 is 1.88 bits per heavy atom. The van der Waals surface area contributed by atoms with Crippen molar-refractivity contribution >= 4 is 46.0 Å². The fourth-order valence-electron chi connectivity index (χ4n) is 2.37. The lowest BCUT2D eigenvalue weighted by Crippen LogP contribution is -2.37. The van der Waals surface area contributed by atoms with Crippen LogP contribution in [-0.4, -0.2) is 14.1 Å². The first-order chi connectivity index (χ1) is 11.4. The van der Waals surface area contributed by atoms with Gasteiger partial charge in [0.1, 0.15) is 5.65 Å². The van der Waals surface area contributed by atoms with Gasteiger partial charge in [0.15, 0.2) is 0 Å². The molecule has 0 fully saturated rings. The highest BCUT2D eigenvalue weighted by Gasteiger charge is 2.14. The largest absolute Gasteiger partial charge is 0.332 e. The number of fused-ring (bicyclic) bond motifs is 1. The molecule has 124 valence electrons. The second-order valence-electron chi connectivity index (χ2n) is 5.24. The van der Waals surface area contributed by atoms with E-state index in [1.54, 1.807) is 31.4 Å². The quantitative estimate of drug-likeness (QED) is 0.653. The van der Waals surface area contributed by atoms with Crippen LogP contribution < -0.4 is 11.2 Å². The first-order valence-electron chi connectivity index (χ1n) is 7.01. The molecular formula is C16H13Cl2N3O2S. The van der Waals surface area contributed by atoms with E-state index in [9.17, 15) is 9.59 Å². The van der Waals surface area contributed by atoms with E-state index in [1.165, 1.54) is 23.4 Å². The number of benzene rings is 1. The molecule has 0 aliphatic carbocycles. The average molecular weight is 382 g/mol. The van der Waals surface area contributed by atoms with E-state index in [0.717, 1.165) is 15.0 Å². The summed E-state index contributed by atoms with van der Waals surface area (Å²) in [4.78, 5) is 29.5. The molecule has 24 heavy (non-hydrogen) atoms. The third-order valence-electron chi connectivity index (χ3n) is 3.70. The van der Waals surface area contributed by atoms with E-state index < -0.39 is 5.69 Å². The van der Waals surface area contributed by atoms with Gasteiger partial charge < -0.3 is 0 Å². The van der Waals surface area contributed by atoms with Gasteiger partial charge in [-0.3, -0.25) is 13.9 Å². The lowest BCUT2D eigenvalue weighted by atomic mass is 10.2. The molecule has 0 saturated heterocycles. The fourth-order valence-corrected chi connectivity index (χ4v) is 3.97. The Morgan fingerprint density at radius 1 is 1.12 bits per heavy atom. The Hall–Kier alpha value is -1.76. The second-order valence-corrected chi connectivity index (χ2v) is 7.10. The number of halogens is 2. The number of aromatic nitrogens is 3. The van der Waals surface area contributed by atoms with Crippen LogP contribution in [0, 0.1) is 0 Å². The number of pyridine rings is 1. The van der Waals surface area contributed by atoms with Crippen LogP contribution in [0.25, 0.3) is 11.0 Å². The van der Waals surface area contributed by atoms with Gasteiger partial charge in [0.2, 0.25) is 0 Å². The molecule has 1 aromatic carbocycles. The van der Waals surface area contributed by atoms with Crippen molar-refractivity contribution in [1.29, 1.82) is 0 Å². The molecule has 0 unspecified atom stereocenters. The summed E-state index contributed by atoms with van der Waals surface area (Å²) in [5, 5.41) is 1.58. The molecule has 0 saturated carbocycles. The second kappa shape index (κ2) is 6.63. The van der Waals surface area contributed by atoms with E-state index >= 15 is 0 Å². The van der Waals surface area contributed by atoms with E-state index in [1.807, 2.05) is 6.07 Å². The molecule has 0 N–H and O–H groups in total. The summed E-state index contributed by atoms with van der Waals surface area (Å²) in [5.74, 6) is 0.571. The number of hydrogen-bond donors (Lipinski definition) is 0. The molecule has 0 bridgehead atoms.